The molecule has 2 aromatic heterocycles. The van der Waals surface area contributed by atoms with Crippen LogP contribution < -0.4 is 15.8 Å². The molecule has 3 aromatic rings. The molecular weight excluding hydrogens is 354 g/mol. The lowest BCUT2D eigenvalue weighted by Gasteiger charge is -2.20. The van der Waals surface area contributed by atoms with Crippen LogP contribution in [0.5, 0.6) is 5.88 Å². The van der Waals surface area contributed by atoms with Crippen LogP contribution in [0.4, 0.5) is 5.95 Å². The predicted molar refractivity (Wildman–Crippen MR) is 110 cm³/mol. The van der Waals surface area contributed by atoms with E-state index in [-0.39, 0.29) is 23.5 Å². The number of nitrogens with one attached hydrogen (secondary N) is 1. The maximum atomic E-state index is 12.3. The Morgan fingerprint density at radius 2 is 1.71 bits per heavy atom. The van der Waals surface area contributed by atoms with Crippen LogP contribution >= 0.6 is 0 Å². The molecule has 0 bridgehead atoms. The molecule has 2 heterocycles. The highest BCUT2D eigenvalue weighted by molar-refractivity contribution is 5.95. The number of ether oxygens (including phenoxy) is 1. The Labute approximate surface area is 164 Å². The topological polar surface area (TPSA) is 103 Å². The van der Waals surface area contributed by atoms with Crippen LogP contribution in [0.15, 0.2) is 36.4 Å². The normalized spacial score (nSPS) is 11.6. The number of hydrogen-bond acceptors (Lipinski definition) is 6. The van der Waals surface area contributed by atoms with Gasteiger partial charge in [-0.25, -0.2) is 9.97 Å². The number of hydrogen-bond donors (Lipinski definition) is 2. The van der Waals surface area contributed by atoms with Crippen LogP contribution in [0.1, 0.15) is 45.0 Å². The van der Waals surface area contributed by atoms with E-state index in [0.717, 1.165) is 11.3 Å². The van der Waals surface area contributed by atoms with Gasteiger partial charge in [-0.2, -0.15) is 4.98 Å². The molecule has 3 rings (SSSR count). The average molecular weight is 379 g/mol. The van der Waals surface area contributed by atoms with E-state index in [2.05, 4.69) is 20.3 Å². The monoisotopic (exact) mass is 379 g/mol. The van der Waals surface area contributed by atoms with E-state index in [1.807, 2.05) is 58.9 Å². The Kier molecular flexibility index (Phi) is 5.18. The Hall–Kier alpha value is -3.22. The first-order valence-electron chi connectivity index (χ1n) is 9.16. The van der Waals surface area contributed by atoms with E-state index in [9.17, 15) is 4.79 Å². The Bertz CT molecular complexity index is 1010. The van der Waals surface area contributed by atoms with Gasteiger partial charge in [0.2, 0.25) is 11.8 Å². The lowest BCUT2D eigenvalue weighted by molar-refractivity contribution is 0.0919. The molecule has 0 atom stereocenters. The number of pyridine rings is 1. The number of nitrogens with two attached hydrogens (primary N) is 1. The van der Waals surface area contributed by atoms with Crippen molar-refractivity contribution < 1.29 is 9.53 Å². The van der Waals surface area contributed by atoms with E-state index in [4.69, 9.17) is 10.5 Å². The molecule has 0 saturated carbocycles. The zero-order valence-electron chi connectivity index (χ0n) is 16.8. The molecule has 28 heavy (non-hydrogen) atoms. The lowest BCUT2D eigenvalue weighted by Crippen LogP contribution is -2.40. The number of fused-ring (bicyclic) bond motifs is 1. The third-order valence-electron chi connectivity index (χ3n) is 3.81. The summed E-state index contributed by atoms with van der Waals surface area (Å²) in [6.07, 6.45) is -0.0661. The molecule has 1 aromatic carbocycles. The fourth-order valence-corrected chi connectivity index (χ4v) is 2.68. The van der Waals surface area contributed by atoms with E-state index < -0.39 is 0 Å². The van der Waals surface area contributed by atoms with Crippen molar-refractivity contribution in [2.75, 3.05) is 5.73 Å². The second kappa shape index (κ2) is 7.42. The minimum atomic E-state index is -0.287. The number of rotatable bonds is 4. The third kappa shape index (κ3) is 4.54. The molecule has 0 aliphatic heterocycles. The lowest BCUT2D eigenvalue weighted by atomic mass is 10.1. The molecule has 146 valence electrons. The average Bonchev–Trinajstić information content (AvgIpc) is 2.59. The number of carbonyl (C=O) groups excluding carboxylic acids is 1. The van der Waals surface area contributed by atoms with E-state index >= 15 is 0 Å². The fourth-order valence-electron chi connectivity index (χ4n) is 2.68. The number of nitrogens with zero attached hydrogens (tertiary/aromatic N) is 3. The van der Waals surface area contributed by atoms with Gasteiger partial charge in [0.25, 0.3) is 5.91 Å². The number of anilines is 1. The first-order valence-corrected chi connectivity index (χ1v) is 9.16. The molecule has 0 saturated heterocycles. The van der Waals surface area contributed by atoms with Crippen molar-refractivity contribution in [2.24, 2.45) is 0 Å². The maximum Gasteiger partial charge on any atom is 0.251 e. The van der Waals surface area contributed by atoms with Gasteiger partial charge in [0.05, 0.1) is 17.3 Å². The molecule has 0 radical (unpaired) electrons. The molecule has 0 aliphatic carbocycles. The summed E-state index contributed by atoms with van der Waals surface area (Å²) in [5.41, 5.74) is 8.86. The SMILES string of the molecule is CC(C)Oc1nc(N)nc2ccc(-c3ccc(C(=O)NC(C)(C)C)cc3)nc12. The van der Waals surface area contributed by atoms with Crippen molar-refractivity contribution in [2.45, 2.75) is 46.3 Å². The summed E-state index contributed by atoms with van der Waals surface area (Å²) in [6.45, 7) is 9.67. The molecule has 0 unspecified atom stereocenters. The van der Waals surface area contributed by atoms with Gasteiger partial charge in [-0.05, 0) is 58.9 Å². The molecule has 0 aliphatic rings. The van der Waals surface area contributed by atoms with Crippen molar-refractivity contribution >= 4 is 22.9 Å². The molecule has 0 fully saturated rings. The van der Waals surface area contributed by atoms with Gasteiger partial charge in [-0.15, -0.1) is 0 Å². The second-order valence-corrected chi connectivity index (χ2v) is 7.90. The standard InChI is InChI=1S/C21H25N5O2/c1-12(2)28-19-17-16(24-20(22)25-19)11-10-15(23-17)13-6-8-14(9-7-13)18(27)26-21(3,4)5/h6-12H,1-5H3,(H,26,27)(H2,22,24,25). The van der Waals surface area contributed by atoms with Crippen LogP contribution in [0.25, 0.3) is 22.3 Å². The van der Waals surface area contributed by atoms with Crippen LogP contribution in [0.3, 0.4) is 0 Å². The first-order chi connectivity index (χ1) is 13.1. The maximum absolute atomic E-state index is 12.3. The van der Waals surface area contributed by atoms with Crippen molar-refractivity contribution in [3.8, 4) is 17.1 Å². The largest absolute Gasteiger partial charge is 0.473 e. The molecule has 0 spiro atoms. The smallest absolute Gasteiger partial charge is 0.251 e. The number of amides is 1. The minimum Gasteiger partial charge on any atom is -0.473 e. The van der Waals surface area contributed by atoms with Gasteiger partial charge in [0, 0.05) is 16.7 Å². The van der Waals surface area contributed by atoms with Crippen molar-refractivity contribution in [3.05, 3.63) is 42.0 Å². The van der Waals surface area contributed by atoms with Gasteiger partial charge < -0.3 is 15.8 Å². The number of benzene rings is 1. The van der Waals surface area contributed by atoms with Gasteiger partial charge >= 0.3 is 0 Å². The minimum absolute atomic E-state index is 0.0661. The molecular formula is C21H25N5O2. The summed E-state index contributed by atoms with van der Waals surface area (Å²) in [4.78, 5) is 25.4. The molecule has 7 nitrogen and oxygen atoms in total. The quantitative estimate of drug-likeness (QED) is 0.718. The molecule has 7 heteroatoms. The van der Waals surface area contributed by atoms with Gasteiger partial charge in [0.1, 0.15) is 0 Å². The second-order valence-electron chi connectivity index (χ2n) is 7.90. The van der Waals surface area contributed by atoms with Crippen LogP contribution in [-0.2, 0) is 0 Å². The summed E-state index contributed by atoms with van der Waals surface area (Å²) in [5.74, 6) is 0.398. The van der Waals surface area contributed by atoms with Crippen LogP contribution in [0.2, 0.25) is 0 Å². The Morgan fingerprint density at radius 3 is 2.32 bits per heavy atom. The highest BCUT2D eigenvalue weighted by Crippen LogP contribution is 2.26. The van der Waals surface area contributed by atoms with E-state index in [0.29, 0.717) is 22.5 Å². The van der Waals surface area contributed by atoms with E-state index in [1.54, 1.807) is 12.1 Å². The summed E-state index contributed by atoms with van der Waals surface area (Å²) in [5, 5.41) is 2.95. The predicted octanol–water partition coefficient (Wildman–Crippen LogP) is 3.59. The van der Waals surface area contributed by atoms with Crippen LogP contribution in [0, 0.1) is 0 Å². The van der Waals surface area contributed by atoms with Gasteiger partial charge in [-0.1, -0.05) is 12.1 Å². The zero-order chi connectivity index (χ0) is 20.5. The summed E-state index contributed by atoms with van der Waals surface area (Å²) >= 11 is 0. The highest BCUT2D eigenvalue weighted by atomic mass is 16.5. The van der Waals surface area contributed by atoms with Gasteiger partial charge in [-0.3, -0.25) is 4.79 Å². The third-order valence-corrected chi connectivity index (χ3v) is 3.81. The number of carbonyl (C=O) groups is 1. The first kappa shape index (κ1) is 19.5. The van der Waals surface area contributed by atoms with E-state index in [1.165, 1.54) is 0 Å². The zero-order valence-corrected chi connectivity index (χ0v) is 16.8. The summed E-state index contributed by atoms with van der Waals surface area (Å²) in [6, 6.07) is 11.0. The number of nitrogen functional groups attached to an aromatic ring is 1. The molecule has 1 amide bonds. The summed E-state index contributed by atoms with van der Waals surface area (Å²) < 4.78 is 5.75. The molecule has 3 N–H and O–H groups in total. The Balaban J connectivity index is 1.95. The fraction of sp³-hybridized carbons (Fsp3) is 0.333. The van der Waals surface area contributed by atoms with Crippen molar-refractivity contribution in [3.63, 3.8) is 0 Å². The van der Waals surface area contributed by atoms with Gasteiger partial charge in [0.15, 0.2) is 5.52 Å². The van der Waals surface area contributed by atoms with Crippen molar-refractivity contribution in [1.82, 2.24) is 20.3 Å². The van der Waals surface area contributed by atoms with Crippen LogP contribution in [-0.4, -0.2) is 32.5 Å². The summed E-state index contributed by atoms with van der Waals surface area (Å²) in [7, 11) is 0. The number of aromatic nitrogens is 3. The highest BCUT2D eigenvalue weighted by Gasteiger charge is 2.16. The Morgan fingerprint density at radius 1 is 1.04 bits per heavy atom. The van der Waals surface area contributed by atoms with Crippen molar-refractivity contribution in [1.29, 1.82) is 0 Å².